The summed E-state index contributed by atoms with van der Waals surface area (Å²) in [5, 5.41) is 17.3. The van der Waals surface area contributed by atoms with Gasteiger partial charge >= 0.3 is 12.1 Å². The minimum Gasteiger partial charge on any atom is -0.478 e. The number of carbonyl (C=O) groups is 1. The molecule has 0 fully saturated rings. The number of carboxylic acid groups (broad SMARTS) is 1. The second-order valence-corrected chi connectivity index (χ2v) is 3.99. The van der Waals surface area contributed by atoms with Gasteiger partial charge in [0.2, 0.25) is 0 Å². The van der Waals surface area contributed by atoms with E-state index in [9.17, 15) is 18.0 Å². The van der Waals surface area contributed by atoms with Crippen molar-refractivity contribution in [3.05, 3.63) is 22.8 Å². The normalized spacial score (nSPS) is 11.4. The first-order chi connectivity index (χ1) is 8.73. The van der Waals surface area contributed by atoms with Gasteiger partial charge in [-0.25, -0.2) is 9.78 Å². The molecule has 0 spiro atoms. The molecule has 1 aromatic heterocycles. The maximum Gasteiger partial charge on any atom is 0.405 e. The van der Waals surface area contributed by atoms with Crippen LogP contribution in [0.15, 0.2) is 12.1 Å². The van der Waals surface area contributed by atoms with Gasteiger partial charge < -0.3 is 15.1 Å². The van der Waals surface area contributed by atoms with Gasteiger partial charge in [0.05, 0.1) is 12.2 Å². The standard InChI is InChI=1S/C10H10ClF3N2O3/c11-7-3-6(9(18)19)4-8(15-7)16(1-2-17)5-10(12,13)14/h3-4,17H,1-2,5H2,(H,18,19). The number of aliphatic hydroxyl groups excluding tert-OH is 1. The highest BCUT2D eigenvalue weighted by molar-refractivity contribution is 6.29. The molecule has 0 radical (unpaired) electrons. The number of nitrogens with zero attached hydrogens (tertiary/aromatic N) is 2. The number of halogens is 4. The molecule has 0 aromatic carbocycles. The van der Waals surface area contributed by atoms with E-state index in [0.29, 0.717) is 4.90 Å². The third-order valence-corrected chi connectivity index (χ3v) is 2.29. The molecular weight excluding hydrogens is 289 g/mol. The highest BCUT2D eigenvalue weighted by Gasteiger charge is 2.31. The van der Waals surface area contributed by atoms with E-state index in [1.54, 1.807) is 0 Å². The zero-order chi connectivity index (χ0) is 14.6. The highest BCUT2D eigenvalue weighted by atomic mass is 35.5. The van der Waals surface area contributed by atoms with E-state index in [4.69, 9.17) is 21.8 Å². The molecule has 0 saturated carbocycles. The number of rotatable bonds is 5. The fourth-order valence-electron chi connectivity index (χ4n) is 1.38. The molecule has 0 aliphatic heterocycles. The third kappa shape index (κ3) is 4.92. The average molecular weight is 299 g/mol. The first kappa shape index (κ1) is 15.5. The summed E-state index contributed by atoms with van der Waals surface area (Å²) in [7, 11) is 0. The quantitative estimate of drug-likeness (QED) is 0.811. The van der Waals surface area contributed by atoms with Crippen LogP contribution in [0.1, 0.15) is 10.4 Å². The SMILES string of the molecule is O=C(O)c1cc(Cl)nc(N(CCO)CC(F)(F)F)c1. The predicted molar refractivity (Wildman–Crippen MR) is 61.6 cm³/mol. The summed E-state index contributed by atoms with van der Waals surface area (Å²) < 4.78 is 37.1. The largest absolute Gasteiger partial charge is 0.478 e. The number of alkyl halides is 3. The Bertz CT molecular complexity index is 468. The van der Waals surface area contributed by atoms with Gasteiger partial charge in [-0.2, -0.15) is 13.2 Å². The molecule has 0 bridgehead atoms. The molecule has 19 heavy (non-hydrogen) atoms. The molecule has 1 rings (SSSR count). The van der Waals surface area contributed by atoms with Gasteiger partial charge in [-0.1, -0.05) is 11.6 Å². The Morgan fingerprint density at radius 2 is 2.05 bits per heavy atom. The number of pyridine rings is 1. The van der Waals surface area contributed by atoms with E-state index in [1.165, 1.54) is 0 Å². The monoisotopic (exact) mass is 298 g/mol. The molecule has 106 valence electrons. The van der Waals surface area contributed by atoms with E-state index in [1.807, 2.05) is 0 Å². The molecule has 0 aliphatic rings. The molecule has 0 aliphatic carbocycles. The molecular formula is C10H10ClF3N2O3. The van der Waals surface area contributed by atoms with Crippen LogP contribution >= 0.6 is 11.6 Å². The number of hydrogen-bond donors (Lipinski definition) is 2. The Kier molecular flexibility index (Phi) is 4.96. The zero-order valence-corrected chi connectivity index (χ0v) is 10.2. The number of aromatic nitrogens is 1. The van der Waals surface area contributed by atoms with Gasteiger partial charge in [0.15, 0.2) is 0 Å². The van der Waals surface area contributed by atoms with Crippen LogP contribution in [0.5, 0.6) is 0 Å². The smallest absolute Gasteiger partial charge is 0.405 e. The summed E-state index contributed by atoms with van der Waals surface area (Å²) in [4.78, 5) is 15.1. The number of aliphatic hydroxyl groups is 1. The summed E-state index contributed by atoms with van der Waals surface area (Å²) in [5.74, 6) is -1.59. The lowest BCUT2D eigenvalue weighted by molar-refractivity contribution is -0.120. The van der Waals surface area contributed by atoms with Gasteiger partial charge in [0.25, 0.3) is 0 Å². The summed E-state index contributed by atoms with van der Waals surface area (Å²) >= 11 is 5.56. The zero-order valence-electron chi connectivity index (χ0n) is 9.48. The molecule has 5 nitrogen and oxygen atoms in total. The number of carboxylic acids is 1. The van der Waals surface area contributed by atoms with E-state index < -0.39 is 25.3 Å². The Hall–Kier alpha value is -1.54. The van der Waals surface area contributed by atoms with Crippen LogP contribution in [0.2, 0.25) is 5.15 Å². The first-order valence-electron chi connectivity index (χ1n) is 5.06. The number of anilines is 1. The van der Waals surface area contributed by atoms with Crippen molar-refractivity contribution < 1.29 is 28.2 Å². The lowest BCUT2D eigenvalue weighted by Crippen LogP contribution is -2.37. The van der Waals surface area contributed by atoms with Crippen molar-refractivity contribution in [2.75, 3.05) is 24.6 Å². The Morgan fingerprint density at radius 1 is 1.42 bits per heavy atom. The van der Waals surface area contributed by atoms with Crippen LogP contribution in [0.3, 0.4) is 0 Å². The van der Waals surface area contributed by atoms with Crippen molar-refractivity contribution in [3.63, 3.8) is 0 Å². The Labute approximate surface area is 111 Å². The van der Waals surface area contributed by atoms with Crippen LogP contribution in [0, 0.1) is 0 Å². The van der Waals surface area contributed by atoms with Crippen LogP contribution in [-0.4, -0.2) is 47.0 Å². The van der Waals surface area contributed by atoms with Crippen LogP contribution in [0.25, 0.3) is 0 Å². The molecule has 1 aromatic rings. The number of aromatic carboxylic acids is 1. The van der Waals surface area contributed by atoms with Gasteiger partial charge in [-0.15, -0.1) is 0 Å². The second-order valence-electron chi connectivity index (χ2n) is 3.60. The average Bonchev–Trinajstić information content (AvgIpc) is 2.25. The maximum absolute atomic E-state index is 12.4. The fourth-order valence-corrected chi connectivity index (χ4v) is 1.58. The van der Waals surface area contributed by atoms with E-state index in [2.05, 4.69) is 4.98 Å². The Morgan fingerprint density at radius 3 is 2.53 bits per heavy atom. The van der Waals surface area contributed by atoms with Gasteiger partial charge in [-0.05, 0) is 12.1 Å². The van der Waals surface area contributed by atoms with E-state index in [0.717, 1.165) is 12.1 Å². The highest BCUT2D eigenvalue weighted by Crippen LogP contribution is 2.23. The third-order valence-electron chi connectivity index (χ3n) is 2.09. The van der Waals surface area contributed by atoms with Crippen LogP contribution in [0.4, 0.5) is 19.0 Å². The van der Waals surface area contributed by atoms with Crippen molar-refractivity contribution >= 4 is 23.4 Å². The van der Waals surface area contributed by atoms with Gasteiger partial charge in [0, 0.05) is 6.54 Å². The topological polar surface area (TPSA) is 73.7 Å². The lowest BCUT2D eigenvalue weighted by Gasteiger charge is -2.24. The van der Waals surface area contributed by atoms with Gasteiger partial charge in [-0.3, -0.25) is 0 Å². The van der Waals surface area contributed by atoms with E-state index >= 15 is 0 Å². The minimum absolute atomic E-state index is 0.236. The summed E-state index contributed by atoms with van der Waals surface area (Å²) in [6.45, 7) is -2.24. The predicted octanol–water partition coefficient (Wildman–Crippen LogP) is 1.79. The van der Waals surface area contributed by atoms with Crippen LogP contribution < -0.4 is 4.90 Å². The Balaban J connectivity index is 3.11. The summed E-state index contributed by atoms with van der Waals surface area (Å²) in [6.07, 6.45) is -4.51. The second kappa shape index (κ2) is 6.07. The lowest BCUT2D eigenvalue weighted by atomic mass is 10.2. The van der Waals surface area contributed by atoms with Crippen molar-refractivity contribution in [1.82, 2.24) is 4.98 Å². The van der Waals surface area contributed by atoms with Crippen molar-refractivity contribution in [3.8, 4) is 0 Å². The van der Waals surface area contributed by atoms with E-state index in [-0.39, 0.29) is 23.1 Å². The number of hydrogen-bond acceptors (Lipinski definition) is 4. The molecule has 1 heterocycles. The molecule has 2 N–H and O–H groups in total. The fraction of sp³-hybridized carbons (Fsp3) is 0.400. The molecule has 0 unspecified atom stereocenters. The maximum atomic E-state index is 12.4. The molecule has 0 atom stereocenters. The van der Waals surface area contributed by atoms with Crippen molar-refractivity contribution in [2.24, 2.45) is 0 Å². The minimum atomic E-state index is -4.51. The molecule has 9 heteroatoms. The summed E-state index contributed by atoms with van der Waals surface area (Å²) in [6, 6.07) is 1.99. The van der Waals surface area contributed by atoms with Crippen molar-refractivity contribution in [2.45, 2.75) is 6.18 Å². The molecule has 0 amide bonds. The first-order valence-corrected chi connectivity index (χ1v) is 5.44. The van der Waals surface area contributed by atoms with Gasteiger partial charge in [0.1, 0.15) is 17.5 Å². The molecule has 0 saturated heterocycles. The van der Waals surface area contributed by atoms with Crippen molar-refractivity contribution in [1.29, 1.82) is 0 Å². The van der Waals surface area contributed by atoms with Crippen LogP contribution in [-0.2, 0) is 0 Å². The summed E-state index contributed by atoms with van der Waals surface area (Å²) in [5.41, 5.74) is -0.278.